The van der Waals surface area contributed by atoms with Crippen LogP contribution in [0.1, 0.15) is 32.6 Å². The number of hydrogen-bond acceptors (Lipinski definition) is 1. The van der Waals surface area contributed by atoms with Crippen molar-refractivity contribution in [1.29, 1.82) is 0 Å². The van der Waals surface area contributed by atoms with E-state index in [2.05, 4.69) is 24.4 Å². The zero-order valence-corrected chi connectivity index (χ0v) is 7.06. The molecule has 0 spiro atoms. The van der Waals surface area contributed by atoms with E-state index in [0.717, 1.165) is 0 Å². The summed E-state index contributed by atoms with van der Waals surface area (Å²) in [6.45, 7) is 2.25. The second-order valence-electron chi connectivity index (χ2n) is 3.38. The van der Waals surface area contributed by atoms with Crippen LogP contribution in [0.3, 0.4) is 0 Å². The Balaban J connectivity index is 2.15. The van der Waals surface area contributed by atoms with Gasteiger partial charge in [0, 0.05) is 11.7 Å². The monoisotopic (exact) mass is 149 g/mol. The molecule has 1 N–H and O–H groups in total. The summed E-state index contributed by atoms with van der Waals surface area (Å²) in [4.78, 5) is 0. The van der Waals surface area contributed by atoms with E-state index < -0.39 is 0 Å². The van der Waals surface area contributed by atoms with Crippen LogP contribution in [0.15, 0.2) is 23.4 Å². The van der Waals surface area contributed by atoms with Crippen LogP contribution in [-0.2, 0) is 0 Å². The molecule has 0 amide bonds. The third-order valence-corrected chi connectivity index (χ3v) is 2.57. The topological polar surface area (TPSA) is 12.0 Å². The minimum absolute atomic E-state index is 0.714. The minimum atomic E-state index is 0.714. The van der Waals surface area contributed by atoms with E-state index in [9.17, 15) is 0 Å². The molecule has 1 saturated heterocycles. The zero-order chi connectivity index (χ0) is 7.68. The third kappa shape index (κ3) is 1.20. The zero-order valence-electron chi connectivity index (χ0n) is 7.06. The molecule has 2 rings (SSSR count). The number of rotatable bonds is 1. The van der Waals surface area contributed by atoms with E-state index in [-0.39, 0.29) is 0 Å². The van der Waals surface area contributed by atoms with Gasteiger partial charge in [0.2, 0.25) is 0 Å². The first-order valence-electron chi connectivity index (χ1n) is 4.56. The van der Waals surface area contributed by atoms with Crippen LogP contribution < -0.4 is 5.32 Å². The normalized spacial score (nSPS) is 28.6. The van der Waals surface area contributed by atoms with Gasteiger partial charge in [0.25, 0.3) is 0 Å². The van der Waals surface area contributed by atoms with Crippen LogP contribution in [0, 0.1) is 0 Å². The van der Waals surface area contributed by atoms with Gasteiger partial charge in [0.15, 0.2) is 0 Å². The van der Waals surface area contributed by atoms with Crippen LogP contribution >= 0.6 is 0 Å². The number of hydrogen-bond donors (Lipinski definition) is 1. The van der Waals surface area contributed by atoms with Gasteiger partial charge in [-0.3, -0.25) is 0 Å². The van der Waals surface area contributed by atoms with E-state index in [0.29, 0.717) is 6.04 Å². The predicted molar refractivity (Wildman–Crippen MR) is 47.2 cm³/mol. The van der Waals surface area contributed by atoms with Gasteiger partial charge in [-0.2, -0.15) is 0 Å². The van der Waals surface area contributed by atoms with Crippen molar-refractivity contribution in [3.63, 3.8) is 0 Å². The molecule has 60 valence electrons. The van der Waals surface area contributed by atoms with Crippen LogP contribution in [0.25, 0.3) is 0 Å². The largest absolute Gasteiger partial charge is 0.382 e. The summed E-state index contributed by atoms with van der Waals surface area (Å²) in [5.74, 6) is 0. The molecule has 1 fully saturated rings. The van der Waals surface area contributed by atoms with E-state index in [1.807, 2.05) is 0 Å². The molecule has 0 bridgehead atoms. The molecule has 2 aliphatic rings. The van der Waals surface area contributed by atoms with Crippen molar-refractivity contribution in [1.82, 2.24) is 5.32 Å². The Morgan fingerprint density at radius 3 is 3.00 bits per heavy atom. The lowest BCUT2D eigenvalue weighted by atomic mass is 10.0. The first-order valence-corrected chi connectivity index (χ1v) is 4.56. The lowest BCUT2D eigenvalue weighted by Crippen LogP contribution is -2.18. The van der Waals surface area contributed by atoms with E-state index in [1.54, 1.807) is 5.57 Å². The smallest absolute Gasteiger partial charge is 0.0332 e. The molecule has 0 saturated carbocycles. The Morgan fingerprint density at radius 1 is 1.45 bits per heavy atom. The van der Waals surface area contributed by atoms with Crippen molar-refractivity contribution in [2.45, 2.75) is 38.6 Å². The summed E-state index contributed by atoms with van der Waals surface area (Å²) < 4.78 is 0. The molecule has 1 heterocycles. The standard InChI is InChI=1S/C10H15N/c1-2-9-7-8-5-3-4-6-10(8)11-9/h5-6,9,11H,2-4,7H2,1H3. The molecule has 1 unspecified atom stereocenters. The van der Waals surface area contributed by atoms with Gasteiger partial charge in [-0.25, -0.2) is 0 Å². The maximum atomic E-state index is 3.54. The van der Waals surface area contributed by atoms with Crippen LogP contribution in [0.4, 0.5) is 0 Å². The van der Waals surface area contributed by atoms with Crippen molar-refractivity contribution in [3.8, 4) is 0 Å². The van der Waals surface area contributed by atoms with Crippen LogP contribution in [0.2, 0.25) is 0 Å². The van der Waals surface area contributed by atoms with Gasteiger partial charge >= 0.3 is 0 Å². The van der Waals surface area contributed by atoms with Crippen molar-refractivity contribution in [3.05, 3.63) is 23.4 Å². The Bertz CT molecular complexity index is 191. The molecule has 1 aliphatic carbocycles. The third-order valence-electron chi connectivity index (χ3n) is 2.57. The lowest BCUT2D eigenvalue weighted by Gasteiger charge is -2.07. The van der Waals surface area contributed by atoms with Crippen LogP contribution in [0.5, 0.6) is 0 Å². The molecule has 1 nitrogen and oxygen atoms in total. The Labute approximate surface area is 68.2 Å². The molecule has 1 aliphatic heterocycles. The van der Waals surface area contributed by atoms with Gasteiger partial charge in [0.1, 0.15) is 0 Å². The van der Waals surface area contributed by atoms with Crippen LogP contribution in [-0.4, -0.2) is 6.04 Å². The maximum Gasteiger partial charge on any atom is 0.0332 e. The van der Waals surface area contributed by atoms with E-state index in [4.69, 9.17) is 0 Å². The number of fused-ring (bicyclic) bond motifs is 1. The second-order valence-corrected chi connectivity index (χ2v) is 3.38. The SMILES string of the molecule is CCC1CC2=CCCC=C2N1. The fourth-order valence-electron chi connectivity index (χ4n) is 1.85. The van der Waals surface area contributed by atoms with E-state index >= 15 is 0 Å². The van der Waals surface area contributed by atoms with Gasteiger partial charge in [0.05, 0.1) is 0 Å². The summed E-state index contributed by atoms with van der Waals surface area (Å²) in [6, 6.07) is 0.714. The first-order chi connectivity index (χ1) is 5.40. The average Bonchev–Trinajstić information content (AvgIpc) is 2.46. The summed E-state index contributed by atoms with van der Waals surface area (Å²) in [5.41, 5.74) is 2.98. The van der Waals surface area contributed by atoms with Crippen molar-refractivity contribution in [2.24, 2.45) is 0 Å². The molecule has 1 atom stereocenters. The predicted octanol–water partition coefficient (Wildman–Crippen LogP) is 2.36. The minimum Gasteiger partial charge on any atom is -0.382 e. The molecule has 0 aromatic rings. The second kappa shape index (κ2) is 2.72. The Kier molecular flexibility index (Phi) is 1.72. The molecular formula is C10H15N. The van der Waals surface area contributed by atoms with Crippen molar-refractivity contribution < 1.29 is 0 Å². The summed E-state index contributed by atoms with van der Waals surface area (Å²) >= 11 is 0. The number of allylic oxidation sites excluding steroid dienone is 3. The first kappa shape index (κ1) is 6.96. The fraction of sp³-hybridized carbons (Fsp3) is 0.600. The maximum absolute atomic E-state index is 3.54. The van der Waals surface area contributed by atoms with E-state index in [1.165, 1.54) is 31.4 Å². The molecule has 1 heteroatoms. The van der Waals surface area contributed by atoms with Gasteiger partial charge in [-0.1, -0.05) is 19.1 Å². The van der Waals surface area contributed by atoms with Gasteiger partial charge < -0.3 is 5.32 Å². The summed E-state index contributed by atoms with van der Waals surface area (Å²) in [7, 11) is 0. The molecular weight excluding hydrogens is 134 g/mol. The molecule has 0 radical (unpaired) electrons. The highest BCUT2D eigenvalue weighted by Crippen LogP contribution is 2.28. The highest BCUT2D eigenvalue weighted by atomic mass is 15.0. The van der Waals surface area contributed by atoms with Gasteiger partial charge in [-0.05, 0) is 31.3 Å². The highest BCUT2D eigenvalue weighted by molar-refractivity contribution is 5.37. The lowest BCUT2D eigenvalue weighted by molar-refractivity contribution is 0.609. The number of nitrogens with one attached hydrogen (secondary N) is 1. The summed E-state index contributed by atoms with van der Waals surface area (Å²) in [5, 5.41) is 3.54. The quantitative estimate of drug-likeness (QED) is 0.603. The van der Waals surface area contributed by atoms with Gasteiger partial charge in [-0.15, -0.1) is 0 Å². The molecule has 0 aromatic carbocycles. The highest BCUT2D eigenvalue weighted by Gasteiger charge is 2.21. The summed E-state index contributed by atoms with van der Waals surface area (Å²) in [6.07, 6.45) is 9.69. The average molecular weight is 149 g/mol. The van der Waals surface area contributed by atoms with Crippen molar-refractivity contribution in [2.75, 3.05) is 0 Å². The van der Waals surface area contributed by atoms with Crippen molar-refractivity contribution >= 4 is 0 Å². The Hall–Kier alpha value is -0.720. The molecule has 11 heavy (non-hydrogen) atoms. The molecule has 0 aromatic heterocycles. The fourth-order valence-corrected chi connectivity index (χ4v) is 1.85. The Morgan fingerprint density at radius 2 is 2.27 bits per heavy atom.